The van der Waals surface area contributed by atoms with E-state index in [9.17, 15) is 4.79 Å². The number of rotatable bonds is 9. The second kappa shape index (κ2) is 10.9. The Morgan fingerprint density at radius 2 is 1.95 bits per heavy atom. The highest BCUT2D eigenvalue weighted by Crippen LogP contribution is 2.67. The number of fused-ring (bicyclic) bond motifs is 5. The number of allylic oxidation sites excluding steroid dienone is 1. The average Bonchev–Trinajstić information content (AvgIpc) is 3.50. The number of H-pyrrole nitrogens is 1. The Morgan fingerprint density at radius 1 is 1.11 bits per heavy atom. The topological polar surface area (TPSA) is 55.0 Å². The van der Waals surface area contributed by atoms with E-state index in [4.69, 9.17) is 4.74 Å². The van der Waals surface area contributed by atoms with Crippen LogP contribution in [0.3, 0.4) is 0 Å². The van der Waals surface area contributed by atoms with Gasteiger partial charge in [-0.15, -0.1) is 0 Å². The summed E-state index contributed by atoms with van der Waals surface area (Å²) in [7, 11) is 0. The molecule has 0 bridgehead atoms. The molecule has 0 amide bonds. The molecule has 3 saturated carbocycles. The monoisotopic (exact) mass is 508 g/mol. The Kier molecular flexibility index (Phi) is 7.95. The average molecular weight is 509 g/mol. The number of carbonyl (C=O) groups excluding carboxylic acids is 1. The molecule has 0 radical (unpaired) electrons. The molecule has 8 atom stereocenters. The van der Waals surface area contributed by atoms with Crippen LogP contribution in [-0.2, 0) is 16.0 Å². The highest BCUT2D eigenvalue weighted by molar-refractivity contribution is 5.69. The van der Waals surface area contributed by atoms with E-state index < -0.39 is 0 Å². The number of carbonyl (C=O) groups is 1. The van der Waals surface area contributed by atoms with Crippen LogP contribution in [0.15, 0.2) is 24.2 Å². The Balaban J connectivity index is 1.20. The Hall–Kier alpha value is -1.58. The Morgan fingerprint density at radius 3 is 2.70 bits per heavy atom. The van der Waals surface area contributed by atoms with Gasteiger partial charge in [0.1, 0.15) is 6.10 Å². The molecule has 0 aliphatic heterocycles. The molecule has 5 rings (SSSR count). The highest BCUT2D eigenvalue weighted by Gasteiger charge is 2.59. The third-order valence-corrected chi connectivity index (χ3v) is 11.7. The molecule has 4 heteroatoms. The summed E-state index contributed by atoms with van der Waals surface area (Å²) in [6.07, 6.45) is 21.6. The van der Waals surface area contributed by atoms with E-state index in [0.717, 1.165) is 54.0 Å². The Labute approximate surface area is 225 Å². The minimum absolute atomic E-state index is 0.0546. The van der Waals surface area contributed by atoms with E-state index >= 15 is 0 Å². The predicted octanol–water partition coefficient (Wildman–Crippen LogP) is 8.30. The molecule has 0 spiro atoms. The molecule has 0 aromatic carbocycles. The SMILES string of the molecule is CC(C)CCCC(C)C1CCC2C3CC=C4C[C@@H](OC(=O)CCc5c[nH]cn5)CC[C@]4(C)C3CC[C@]12C. The van der Waals surface area contributed by atoms with Crippen LogP contribution >= 0.6 is 0 Å². The third-order valence-electron chi connectivity index (χ3n) is 11.7. The molecule has 0 saturated heterocycles. The van der Waals surface area contributed by atoms with Gasteiger partial charge in [-0.2, -0.15) is 0 Å². The largest absolute Gasteiger partial charge is 0.462 e. The van der Waals surface area contributed by atoms with E-state index in [1.807, 2.05) is 6.20 Å². The first-order valence-electron chi connectivity index (χ1n) is 15.6. The molecule has 206 valence electrons. The van der Waals surface area contributed by atoms with Crippen molar-refractivity contribution in [3.63, 3.8) is 0 Å². The van der Waals surface area contributed by atoms with Crippen LogP contribution in [-0.4, -0.2) is 22.0 Å². The van der Waals surface area contributed by atoms with Gasteiger partial charge >= 0.3 is 5.97 Å². The fraction of sp³-hybridized carbons (Fsp3) is 0.818. The molecule has 1 heterocycles. The molecular weight excluding hydrogens is 456 g/mol. The standard InChI is InChI=1S/C33H52N2O2/c1-22(2)7-6-8-23(3)28-12-13-29-27-11-9-24-19-26(37-31(36)14-10-25-20-34-21-35-25)15-17-32(24,4)30(27)16-18-33(28,29)5/h9,20-23,26-30H,6-8,10-19H2,1-5H3,(H,34,35)/t23?,26-,27?,28?,29?,30?,32-,33+/m0/s1. The number of esters is 1. The number of hydrogen-bond acceptors (Lipinski definition) is 3. The van der Waals surface area contributed by atoms with Crippen LogP contribution in [0.1, 0.15) is 117 Å². The molecule has 4 aliphatic rings. The molecule has 4 aliphatic carbocycles. The van der Waals surface area contributed by atoms with Crippen LogP contribution in [0.4, 0.5) is 0 Å². The van der Waals surface area contributed by atoms with Gasteiger partial charge in [0.05, 0.1) is 18.4 Å². The van der Waals surface area contributed by atoms with Crippen molar-refractivity contribution in [2.45, 2.75) is 124 Å². The molecule has 4 nitrogen and oxygen atoms in total. The van der Waals surface area contributed by atoms with Crippen LogP contribution in [0.25, 0.3) is 0 Å². The fourth-order valence-corrected chi connectivity index (χ4v) is 9.66. The lowest BCUT2D eigenvalue weighted by molar-refractivity contribution is -0.151. The highest BCUT2D eigenvalue weighted by atomic mass is 16.5. The van der Waals surface area contributed by atoms with E-state index in [0.29, 0.717) is 23.7 Å². The summed E-state index contributed by atoms with van der Waals surface area (Å²) < 4.78 is 5.97. The van der Waals surface area contributed by atoms with Crippen LogP contribution in [0.2, 0.25) is 0 Å². The smallest absolute Gasteiger partial charge is 0.306 e. The zero-order chi connectivity index (χ0) is 26.2. The van der Waals surface area contributed by atoms with Gasteiger partial charge in [-0.05, 0) is 91.3 Å². The molecule has 1 aromatic rings. The summed E-state index contributed by atoms with van der Waals surface area (Å²) in [4.78, 5) is 19.7. The maximum Gasteiger partial charge on any atom is 0.306 e. The lowest BCUT2D eigenvalue weighted by Gasteiger charge is -2.58. The lowest BCUT2D eigenvalue weighted by Crippen LogP contribution is -2.51. The first kappa shape index (κ1) is 27.0. The summed E-state index contributed by atoms with van der Waals surface area (Å²) in [6, 6.07) is 0. The van der Waals surface area contributed by atoms with Gasteiger partial charge in [0.15, 0.2) is 0 Å². The van der Waals surface area contributed by atoms with Gasteiger partial charge < -0.3 is 9.72 Å². The zero-order valence-corrected chi connectivity index (χ0v) is 24.2. The van der Waals surface area contributed by atoms with Crippen molar-refractivity contribution in [2.75, 3.05) is 0 Å². The van der Waals surface area contributed by atoms with Gasteiger partial charge in [-0.3, -0.25) is 4.79 Å². The number of hydrogen-bond donors (Lipinski definition) is 1. The fourth-order valence-electron chi connectivity index (χ4n) is 9.66. The molecule has 1 aromatic heterocycles. The van der Waals surface area contributed by atoms with Crippen molar-refractivity contribution in [1.82, 2.24) is 9.97 Å². The quantitative estimate of drug-likeness (QED) is 0.270. The van der Waals surface area contributed by atoms with Crippen LogP contribution < -0.4 is 0 Å². The van der Waals surface area contributed by atoms with E-state index in [1.165, 1.54) is 57.8 Å². The Bertz CT molecular complexity index is 952. The van der Waals surface area contributed by atoms with Crippen molar-refractivity contribution in [3.8, 4) is 0 Å². The summed E-state index contributed by atoms with van der Waals surface area (Å²) in [5, 5.41) is 0. The molecule has 5 unspecified atom stereocenters. The second-order valence-corrected chi connectivity index (χ2v) is 14.2. The van der Waals surface area contributed by atoms with Crippen LogP contribution in [0.5, 0.6) is 0 Å². The molecule has 37 heavy (non-hydrogen) atoms. The van der Waals surface area contributed by atoms with Crippen molar-refractivity contribution < 1.29 is 9.53 Å². The van der Waals surface area contributed by atoms with Crippen molar-refractivity contribution in [2.24, 2.45) is 46.3 Å². The number of aromatic nitrogens is 2. The molecule has 3 fully saturated rings. The third kappa shape index (κ3) is 5.33. The second-order valence-electron chi connectivity index (χ2n) is 14.2. The minimum atomic E-state index is -0.0705. The van der Waals surface area contributed by atoms with E-state index in [1.54, 1.807) is 11.9 Å². The van der Waals surface area contributed by atoms with Gasteiger partial charge in [-0.25, -0.2) is 4.98 Å². The van der Waals surface area contributed by atoms with Gasteiger partial charge in [0.25, 0.3) is 0 Å². The minimum Gasteiger partial charge on any atom is -0.462 e. The van der Waals surface area contributed by atoms with E-state index in [2.05, 4.69) is 50.7 Å². The first-order valence-corrected chi connectivity index (χ1v) is 15.6. The van der Waals surface area contributed by atoms with Crippen LogP contribution in [0, 0.1) is 46.3 Å². The first-order chi connectivity index (χ1) is 17.7. The summed E-state index contributed by atoms with van der Waals surface area (Å²) in [6.45, 7) is 12.6. The number of ether oxygens (including phenoxy) is 1. The van der Waals surface area contributed by atoms with E-state index in [-0.39, 0.29) is 12.1 Å². The number of imidazole rings is 1. The summed E-state index contributed by atoms with van der Waals surface area (Å²) >= 11 is 0. The normalized spacial score (nSPS) is 37.9. The summed E-state index contributed by atoms with van der Waals surface area (Å²) in [5.74, 6) is 5.12. The maximum absolute atomic E-state index is 12.5. The predicted molar refractivity (Wildman–Crippen MR) is 150 cm³/mol. The number of nitrogens with one attached hydrogen (secondary N) is 1. The number of aryl methyl sites for hydroxylation is 1. The van der Waals surface area contributed by atoms with Gasteiger partial charge in [0.2, 0.25) is 0 Å². The summed E-state index contributed by atoms with van der Waals surface area (Å²) in [5.41, 5.74) is 3.38. The van der Waals surface area contributed by atoms with Gasteiger partial charge in [-0.1, -0.05) is 65.5 Å². The maximum atomic E-state index is 12.5. The van der Waals surface area contributed by atoms with Crippen molar-refractivity contribution >= 4 is 5.97 Å². The number of nitrogens with zero attached hydrogens (tertiary/aromatic N) is 1. The van der Waals surface area contributed by atoms with Gasteiger partial charge in [0, 0.05) is 19.0 Å². The van der Waals surface area contributed by atoms with Crippen molar-refractivity contribution in [3.05, 3.63) is 29.9 Å². The molecule has 1 N–H and O–H groups in total. The number of aromatic amines is 1. The lowest BCUT2D eigenvalue weighted by atomic mass is 9.47. The molecular formula is C33H52N2O2. The zero-order valence-electron chi connectivity index (χ0n) is 24.2. The van der Waals surface area contributed by atoms with Crippen molar-refractivity contribution in [1.29, 1.82) is 0 Å².